The van der Waals surface area contributed by atoms with Crippen molar-refractivity contribution in [2.45, 2.75) is 45.3 Å². The Morgan fingerprint density at radius 3 is 2.60 bits per heavy atom. The molecule has 0 spiro atoms. The van der Waals surface area contributed by atoms with Crippen LogP contribution in [0, 0.1) is 13.8 Å². The quantitative estimate of drug-likeness (QED) is 0.841. The highest BCUT2D eigenvalue weighted by molar-refractivity contribution is 5.97. The third-order valence-electron chi connectivity index (χ3n) is 5.57. The Hall–Kier alpha value is -2.13. The average Bonchev–Trinajstić information content (AvgIpc) is 2.74. The Morgan fingerprint density at radius 1 is 1.00 bits per heavy atom. The molecule has 1 N–H and O–H groups in total. The standard InChI is InChI=1S/C22H27N2O/c1-17-12-13-18(2)20(15-17)22(25)16-23-14-8-4-7-11-21(23)24(22)19-9-5-3-6-10-19/h3,5-6,9-10,12-13,15,25H,4,7-8,11,14,16H2,1-2H3/q+1. The summed E-state index contributed by atoms with van der Waals surface area (Å²) in [4.78, 5) is 2.19. The summed E-state index contributed by atoms with van der Waals surface area (Å²) >= 11 is 0. The molecule has 2 heterocycles. The predicted octanol–water partition coefficient (Wildman–Crippen LogP) is 3.95. The molecule has 3 nitrogen and oxygen atoms in total. The summed E-state index contributed by atoms with van der Waals surface area (Å²) in [5.41, 5.74) is 3.42. The zero-order valence-electron chi connectivity index (χ0n) is 15.2. The highest BCUT2D eigenvalue weighted by Gasteiger charge is 2.54. The molecule has 0 saturated heterocycles. The molecule has 130 valence electrons. The summed E-state index contributed by atoms with van der Waals surface area (Å²) in [6, 6.07) is 16.8. The Labute approximate surface area is 150 Å². The second-order valence-corrected chi connectivity index (χ2v) is 7.45. The Balaban J connectivity index is 1.88. The van der Waals surface area contributed by atoms with E-state index in [0.29, 0.717) is 6.54 Å². The molecule has 1 unspecified atom stereocenters. The van der Waals surface area contributed by atoms with E-state index >= 15 is 0 Å². The van der Waals surface area contributed by atoms with Crippen molar-refractivity contribution in [1.29, 1.82) is 0 Å². The number of rotatable bonds is 2. The maximum absolute atomic E-state index is 12.0. The summed E-state index contributed by atoms with van der Waals surface area (Å²) < 4.78 is 2.40. The topological polar surface area (TPSA) is 26.5 Å². The van der Waals surface area contributed by atoms with Crippen LogP contribution in [0.3, 0.4) is 0 Å². The highest BCUT2D eigenvalue weighted by Crippen LogP contribution is 2.39. The van der Waals surface area contributed by atoms with E-state index in [2.05, 4.69) is 65.8 Å². The van der Waals surface area contributed by atoms with E-state index in [1.807, 2.05) is 6.07 Å². The highest BCUT2D eigenvalue weighted by atomic mass is 16.3. The molecule has 0 aromatic heterocycles. The average molecular weight is 335 g/mol. The lowest BCUT2D eigenvalue weighted by Gasteiger charge is -2.30. The molecular weight excluding hydrogens is 308 g/mol. The van der Waals surface area contributed by atoms with Gasteiger partial charge >= 0.3 is 0 Å². The van der Waals surface area contributed by atoms with E-state index in [0.717, 1.165) is 29.8 Å². The number of hydrogen-bond donors (Lipinski definition) is 1. The number of nitrogens with zero attached hydrogens (tertiary/aromatic N) is 2. The molecule has 1 atom stereocenters. The number of anilines is 1. The molecule has 2 aromatic carbocycles. The van der Waals surface area contributed by atoms with Crippen molar-refractivity contribution >= 4 is 11.5 Å². The number of para-hydroxylation sites is 1. The van der Waals surface area contributed by atoms with Crippen molar-refractivity contribution in [2.24, 2.45) is 0 Å². The smallest absolute Gasteiger partial charge is 0.275 e. The molecule has 0 bridgehead atoms. The predicted molar refractivity (Wildman–Crippen MR) is 102 cm³/mol. The van der Waals surface area contributed by atoms with Gasteiger partial charge in [0.25, 0.3) is 11.6 Å². The Morgan fingerprint density at radius 2 is 1.80 bits per heavy atom. The van der Waals surface area contributed by atoms with Gasteiger partial charge < -0.3 is 5.11 Å². The molecule has 0 aliphatic carbocycles. The van der Waals surface area contributed by atoms with Gasteiger partial charge in [-0.2, -0.15) is 4.90 Å². The van der Waals surface area contributed by atoms with Crippen LogP contribution in [0.5, 0.6) is 0 Å². The summed E-state index contributed by atoms with van der Waals surface area (Å²) in [7, 11) is 0. The van der Waals surface area contributed by atoms with E-state index in [4.69, 9.17) is 0 Å². The van der Waals surface area contributed by atoms with Gasteiger partial charge in [0.1, 0.15) is 5.69 Å². The van der Waals surface area contributed by atoms with Crippen LogP contribution in [0.4, 0.5) is 5.69 Å². The summed E-state index contributed by atoms with van der Waals surface area (Å²) in [6.07, 6.45) is 4.69. The van der Waals surface area contributed by atoms with Gasteiger partial charge in [-0.3, -0.25) is 4.58 Å². The lowest BCUT2D eigenvalue weighted by molar-refractivity contribution is -0.534. The van der Waals surface area contributed by atoms with Crippen LogP contribution in [-0.2, 0) is 5.72 Å². The largest absolute Gasteiger partial charge is 0.346 e. The Bertz CT molecular complexity index is 812. The van der Waals surface area contributed by atoms with Gasteiger partial charge in [-0.1, -0.05) is 35.9 Å². The van der Waals surface area contributed by atoms with Crippen LogP contribution >= 0.6 is 0 Å². The van der Waals surface area contributed by atoms with Crippen molar-refractivity contribution in [1.82, 2.24) is 0 Å². The van der Waals surface area contributed by atoms with E-state index in [1.54, 1.807) is 0 Å². The van der Waals surface area contributed by atoms with Crippen LogP contribution in [0.15, 0.2) is 48.5 Å². The SMILES string of the molecule is Cc1ccc(C)c(C2(O)C[N+]3=C(CCCCC3)N2c2ccccc2)c1. The normalized spacial score (nSPS) is 23.6. The van der Waals surface area contributed by atoms with Crippen LogP contribution in [-0.4, -0.2) is 28.6 Å². The van der Waals surface area contributed by atoms with Gasteiger partial charge in [-0.25, -0.2) is 0 Å². The first kappa shape index (κ1) is 16.3. The molecule has 0 fully saturated rings. The maximum atomic E-state index is 12.0. The fourth-order valence-electron chi connectivity index (χ4n) is 4.34. The summed E-state index contributed by atoms with van der Waals surface area (Å²) in [5.74, 6) is 1.27. The fraction of sp³-hybridized carbons (Fsp3) is 0.409. The first-order chi connectivity index (χ1) is 12.1. The van der Waals surface area contributed by atoms with E-state index in [-0.39, 0.29) is 0 Å². The van der Waals surface area contributed by atoms with E-state index < -0.39 is 5.72 Å². The number of hydrogen-bond acceptors (Lipinski definition) is 2. The third-order valence-corrected chi connectivity index (χ3v) is 5.57. The first-order valence-electron chi connectivity index (χ1n) is 9.36. The number of amidine groups is 1. The molecule has 0 radical (unpaired) electrons. The van der Waals surface area contributed by atoms with E-state index in [9.17, 15) is 5.11 Å². The second kappa shape index (κ2) is 6.30. The second-order valence-electron chi connectivity index (χ2n) is 7.45. The molecule has 3 heteroatoms. The van der Waals surface area contributed by atoms with Gasteiger partial charge in [-0.05, 0) is 56.9 Å². The fourth-order valence-corrected chi connectivity index (χ4v) is 4.34. The number of aliphatic hydroxyl groups is 1. The zero-order chi connectivity index (χ0) is 17.4. The molecule has 4 rings (SSSR count). The van der Waals surface area contributed by atoms with Crippen LogP contribution in [0.25, 0.3) is 0 Å². The van der Waals surface area contributed by atoms with Gasteiger partial charge in [0, 0.05) is 12.0 Å². The van der Waals surface area contributed by atoms with Gasteiger partial charge in [0.2, 0.25) is 0 Å². The minimum atomic E-state index is -1.01. The van der Waals surface area contributed by atoms with E-state index in [1.165, 1.54) is 30.7 Å². The first-order valence-corrected chi connectivity index (χ1v) is 9.36. The van der Waals surface area contributed by atoms with Gasteiger partial charge in [-0.15, -0.1) is 0 Å². The molecule has 2 aliphatic rings. The lowest BCUT2D eigenvalue weighted by Crippen LogP contribution is -2.48. The van der Waals surface area contributed by atoms with Crippen molar-refractivity contribution in [3.8, 4) is 0 Å². The molecular formula is C22H27N2O+. The molecule has 2 aromatic rings. The maximum Gasteiger partial charge on any atom is 0.275 e. The molecule has 0 saturated carbocycles. The number of benzene rings is 2. The molecule has 0 amide bonds. The van der Waals surface area contributed by atoms with Crippen molar-refractivity contribution in [2.75, 3.05) is 18.0 Å². The number of aryl methyl sites for hydroxylation is 2. The van der Waals surface area contributed by atoms with Gasteiger partial charge in [0.05, 0.1) is 6.54 Å². The zero-order valence-corrected chi connectivity index (χ0v) is 15.2. The monoisotopic (exact) mass is 335 g/mol. The lowest BCUT2D eigenvalue weighted by atomic mass is 9.94. The summed E-state index contributed by atoms with van der Waals surface area (Å²) in [5, 5.41) is 12.0. The minimum absolute atomic E-state index is 0.640. The Kier molecular flexibility index (Phi) is 4.12. The third kappa shape index (κ3) is 2.77. The van der Waals surface area contributed by atoms with Crippen molar-refractivity contribution < 1.29 is 9.68 Å². The molecule has 2 aliphatic heterocycles. The van der Waals surface area contributed by atoms with Gasteiger partial charge in [0.15, 0.2) is 6.54 Å². The van der Waals surface area contributed by atoms with Crippen molar-refractivity contribution in [3.63, 3.8) is 0 Å². The van der Waals surface area contributed by atoms with Crippen LogP contribution in [0.1, 0.15) is 42.4 Å². The minimum Gasteiger partial charge on any atom is -0.346 e. The van der Waals surface area contributed by atoms with Crippen molar-refractivity contribution in [3.05, 3.63) is 65.2 Å². The van der Waals surface area contributed by atoms with Crippen LogP contribution < -0.4 is 4.90 Å². The summed E-state index contributed by atoms with van der Waals surface area (Å²) in [6.45, 7) is 5.87. The van der Waals surface area contributed by atoms with Crippen LogP contribution in [0.2, 0.25) is 0 Å². The molecule has 25 heavy (non-hydrogen) atoms.